The van der Waals surface area contributed by atoms with Gasteiger partial charge in [0.15, 0.2) is 0 Å². The molecule has 15 heteroatoms. The molecule has 66 heavy (non-hydrogen) atoms. The van der Waals surface area contributed by atoms with Crippen LogP contribution in [0, 0.1) is 0 Å². The van der Waals surface area contributed by atoms with Gasteiger partial charge >= 0.3 is 12.2 Å². The molecule has 0 unspecified atom stereocenters. The van der Waals surface area contributed by atoms with Crippen LogP contribution in [-0.2, 0) is 19.1 Å². The summed E-state index contributed by atoms with van der Waals surface area (Å²) in [5.74, 6) is 0.269. The van der Waals surface area contributed by atoms with E-state index in [1.54, 1.807) is 58.6 Å². The van der Waals surface area contributed by atoms with Crippen LogP contribution in [0.5, 0.6) is 0 Å². The molecule has 4 heterocycles. The minimum absolute atomic E-state index is 0.197. The highest BCUT2D eigenvalue weighted by molar-refractivity contribution is 7.10. The summed E-state index contributed by atoms with van der Waals surface area (Å²) in [6, 6.07) is 31.9. The molecule has 2 saturated heterocycles. The number of thiazole rings is 1. The molecule has 0 spiro atoms. The van der Waals surface area contributed by atoms with Crippen LogP contribution in [0.2, 0.25) is 0 Å². The van der Waals surface area contributed by atoms with Gasteiger partial charge in [-0.05, 0) is 89.5 Å². The van der Waals surface area contributed by atoms with Crippen molar-refractivity contribution in [2.24, 2.45) is 0 Å². The highest BCUT2D eigenvalue weighted by atomic mass is 32.1. The lowest BCUT2D eigenvalue weighted by atomic mass is 10.0. The van der Waals surface area contributed by atoms with Gasteiger partial charge in [-0.25, -0.2) is 14.6 Å². The van der Waals surface area contributed by atoms with Crippen molar-refractivity contribution >= 4 is 35.3 Å². The summed E-state index contributed by atoms with van der Waals surface area (Å²) in [5, 5.41) is 12.8. The molecule has 342 valence electrons. The van der Waals surface area contributed by atoms with Crippen molar-refractivity contribution < 1.29 is 33.2 Å². The Balaban J connectivity index is 0.922. The zero-order chi connectivity index (χ0) is 46.6. The summed E-state index contributed by atoms with van der Waals surface area (Å²) >= 11 is 1.53. The van der Waals surface area contributed by atoms with Crippen molar-refractivity contribution in [1.29, 1.82) is 0 Å². The summed E-state index contributed by atoms with van der Waals surface area (Å²) in [5.41, 5.74) is 4.44. The van der Waals surface area contributed by atoms with E-state index in [9.17, 15) is 19.2 Å². The van der Waals surface area contributed by atoms with Crippen molar-refractivity contribution in [1.82, 2.24) is 35.6 Å². The number of benzene rings is 4. The molecule has 6 aromatic rings. The fourth-order valence-corrected chi connectivity index (χ4v) is 9.30. The molecule has 8 rings (SSSR count). The van der Waals surface area contributed by atoms with Gasteiger partial charge in [0.1, 0.15) is 34.3 Å². The first-order valence-electron chi connectivity index (χ1n) is 22.3. The van der Waals surface area contributed by atoms with Gasteiger partial charge in [0, 0.05) is 29.6 Å². The third kappa shape index (κ3) is 10.8. The third-order valence-corrected chi connectivity index (χ3v) is 12.3. The zero-order valence-electron chi connectivity index (χ0n) is 38.0. The third-order valence-electron chi connectivity index (χ3n) is 11.3. The Kier molecular flexibility index (Phi) is 13.4. The first-order chi connectivity index (χ1) is 31.6. The number of alkyl carbamates (subject to hydrolysis) is 2. The molecular formula is C51H55N7O7S. The molecule has 2 N–H and O–H groups in total. The first kappa shape index (κ1) is 45.7. The smallest absolute Gasteiger partial charge is 0.408 e. The van der Waals surface area contributed by atoms with Gasteiger partial charge in [0.25, 0.3) is 11.8 Å². The van der Waals surface area contributed by atoms with Gasteiger partial charge in [-0.3, -0.25) is 9.59 Å². The molecule has 0 radical (unpaired) electrons. The Bertz CT molecular complexity index is 2460. The molecule has 2 aliphatic rings. The van der Waals surface area contributed by atoms with E-state index in [-0.39, 0.29) is 17.9 Å². The number of carbonyl (C=O) groups is 4. The van der Waals surface area contributed by atoms with Gasteiger partial charge in [-0.15, -0.1) is 11.3 Å². The molecule has 0 aliphatic carbocycles. The minimum Gasteiger partial charge on any atom is -0.444 e. The number of amides is 4. The van der Waals surface area contributed by atoms with Crippen molar-refractivity contribution in [3.63, 3.8) is 0 Å². The van der Waals surface area contributed by atoms with E-state index >= 15 is 0 Å². The maximum absolute atomic E-state index is 14.2. The Hall–Kier alpha value is -6.87. The highest BCUT2D eigenvalue weighted by Gasteiger charge is 2.40. The summed E-state index contributed by atoms with van der Waals surface area (Å²) in [6.45, 7) is 11.7. The molecule has 4 atom stereocenters. The van der Waals surface area contributed by atoms with E-state index in [0.717, 1.165) is 52.2 Å². The number of carbonyl (C=O) groups excluding carboxylic acids is 4. The van der Waals surface area contributed by atoms with Crippen LogP contribution in [-0.4, -0.2) is 73.2 Å². The Morgan fingerprint density at radius 2 is 1.08 bits per heavy atom. The molecular weight excluding hydrogens is 855 g/mol. The highest BCUT2D eigenvalue weighted by Crippen LogP contribution is 2.39. The van der Waals surface area contributed by atoms with Gasteiger partial charge in [0.05, 0.1) is 11.7 Å². The van der Waals surface area contributed by atoms with Crippen LogP contribution >= 0.6 is 11.3 Å². The predicted molar refractivity (Wildman–Crippen MR) is 251 cm³/mol. The van der Waals surface area contributed by atoms with Gasteiger partial charge in [-0.2, -0.15) is 4.98 Å². The molecule has 14 nitrogen and oxygen atoms in total. The molecule has 4 aromatic carbocycles. The number of nitrogens with one attached hydrogen (secondary N) is 2. The van der Waals surface area contributed by atoms with Gasteiger partial charge in [0.2, 0.25) is 11.7 Å². The standard InChI is InChI=1S/C51H55N7O7S/c1-50(2,3)63-48(61)53-41(35-15-9-7-10-16-35)46(59)57-29-13-19-39(57)44-55-43(56-65-44)37-27-23-33(24-28-37)32-21-25-34(26-22-32)38-31-66-45(52-38)40-20-14-30-58(40)47(60)42(36-17-11-8-12-18-36)54-49(62)64-51(4,5)6/h7-12,15-18,21-28,31,39-42H,13-14,19-20,29-30H2,1-6H3,(H,53,61)(H,54,62)/t39-,40-,41+,42+/m0/s1. The quantitative estimate of drug-likeness (QED) is 0.128. The van der Waals surface area contributed by atoms with Crippen molar-refractivity contribution in [3.05, 3.63) is 137 Å². The van der Waals surface area contributed by atoms with Crippen LogP contribution in [0.3, 0.4) is 0 Å². The van der Waals surface area contributed by atoms with Crippen molar-refractivity contribution in [2.45, 2.75) is 103 Å². The van der Waals surface area contributed by atoms with Crippen LogP contribution in [0.1, 0.15) is 113 Å². The average Bonchev–Trinajstić information content (AvgIpc) is 4.14. The number of aromatic nitrogens is 3. The second kappa shape index (κ2) is 19.3. The molecule has 2 aromatic heterocycles. The lowest BCUT2D eigenvalue weighted by Gasteiger charge is -2.29. The Morgan fingerprint density at radius 3 is 1.58 bits per heavy atom. The molecule has 0 saturated carbocycles. The molecule has 2 aliphatic heterocycles. The maximum Gasteiger partial charge on any atom is 0.408 e. The van der Waals surface area contributed by atoms with Crippen LogP contribution < -0.4 is 10.6 Å². The normalized spacial score (nSPS) is 17.2. The molecule has 4 amide bonds. The molecule has 0 bridgehead atoms. The summed E-state index contributed by atoms with van der Waals surface area (Å²) in [7, 11) is 0. The van der Waals surface area contributed by atoms with E-state index in [1.807, 2.05) is 95.2 Å². The number of rotatable bonds is 11. The monoisotopic (exact) mass is 909 g/mol. The fourth-order valence-electron chi connectivity index (χ4n) is 8.33. The molecule has 2 fully saturated rings. The minimum atomic E-state index is -0.958. The zero-order valence-corrected chi connectivity index (χ0v) is 38.8. The topological polar surface area (TPSA) is 169 Å². The largest absolute Gasteiger partial charge is 0.444 e. The van der Waals surface area contributed by atoms with Gasteiger partial charge < -0.3 is 34.4 Å². The number of hydrogen-bond donors (Lipinski definition) is 2. The van der Waals surface area contributed by atoms with E-state index in [2.05, 4.69) is 27.9 Å². The number of nitrogens with zero attached hydrogens (tertiary/aromatic N) is 5. The van der Waals surface area contributed by atoms with Crippen molar-refractivity contribution in [3.8, 4) is 33.8 Å². The first-order valence-corrected chi connectivity index (χ1v) is 23.2. The predicted octanol–water partition coefficient (Wildman–Crippen LogP) is 10.4. The summed E-state index contributed by atoms with van der Waals surface area (Å²) in [4.78, 5) is 67.3. The van der Waals surface area contributed by atoms with E-state index < -0.39 is 41.5 Å². The summed E-state index contributed by atoms with van der Waals surface area (Å²) < 4.78 is 16.8. The summed E-state index contributed by atoms with van der Waals surface area (Å²) in [6.07, 6.45) is 1.66. The number of hydrogen-bond acceptors (Lipinski definition) is 11. The van der Waals surface area contributed by atoms with Crippen LogP contribution in [0.15, 0.2) is 119 Å². The van der Waals surface area contributed by atoms with Crippen molar-refractivity contribution in [2.75, 3.05) is 13.1 Å². The SMILES string of the molecule is CC(C)(C)OC(=O)N[C@@H](C(=O)N1CCC[C@H]1c1nc(-c2ccc(-c3ccc(-c4csc([C@@H]5CCCN5C(=O)[C@H](NC(=O)OC(C)(C)C)c5ccccc5)n4)cc3)cc2)no1)c1ccccc1. The van der Waals surface area contributed by atoms with E-state index in [1.165, 1.54) is 11.3 Å². The maximum atomic E-state index is 14.2. The van der Waals surface area contributed by atoms with Gasteiger partial charge in [-0.1, -0.05) is 114 Å². The van der Waals surface area contributed by atoms with Crippen LogP contribution in [0.25, 0.3) is 33.8 Å². The number of likely N-dealkylation sites (tertiary alicyclic amines) is 2. The average molecular weight is 910 g/mol. The second-order valence-corrected chi connectivity index (χ2v) is 19.4. The van der Waals surface area contributed by atoms with E-state index in [4.69, 9.17) is 24.0 Å². The lowest BCUT2D eigenvalue weighted by molar-refractivity contribution is -0.135. The Morgan fingerprint density at radius 1 is 0.621 bits per heavy atom. The van der Waals surface area contributed by atoms with Crippen LogP contribution in [0.4, 0.5) is 9.59 Å². The Labute approximate surface area is 388 Å². The van der Waals surface area contributed by atoms with E-state index in [0.29, 0.717) is 42.4 Å². The number of ether oxygens (including phenoxy) is 2. The fraction of sp³-hybridized carbons (Fsp3) is 0.353. The lowest BCUT2D eigenvalue weighted by Crippen LogP contribution is -2.44. The second-order valence-electron chi connectivity index (χ2n) is 18.5.